The normalized spacial score (nSPS) is 15.6. The van der Waals surface area contributed by atoms with Gasteiger partial charge in [-0.1, -0.05) is 11.6 Å². The summed E-state index contributed by atoms with van der Waals surface area (Å²) in [6, 6.07) is 4.31. The number of nitrogens with zero attached hydrogens (tertiary/aromatic N) is 1. The van der Waals surface area contributed by atoms with Gasteiger partial charge in [-0.2, -0.15) is 0 Å². The largest absolute Gasteiger partial charge is 0.545 e. The summed E-state index contributed by atoms with van der Waals surface area (Å²) < 4.78 is 0. The highest BCUT2D eigenvalue weighted by atomic mass is 35.5. The van der Waals surface area contributed by atoms with Gasteiger partial charge in [-0.3, -0.25) is 4.79 Å². The fourth-order valence-electron chi connectivity index (χ4n) is 1.80. The molecule has 4 nitrogen and oxygen atoms in total. The van der Waals surface area contributed by atoms with Crippen LogP contribution in [0.25, 0.3) is 0 Å². The first kappa shape index (κ1) is 11.0. The van der Waals surface area contributed by atoms with Crippen LogP contribution in [-0.4, -0.2) is 18.4 Å². The van der Waals surface area contributed by atoms with E-state index in [1.807, 2.05) is 0 Å². The number of carbonyl (C=O) groups is 2. The Morgan fingerprint density at radius 1 is 1.44 bits per heavy atom. The number of carbonyl (C=O) groups excluding carboxylic acids is 2. The van der Waals surface area contributed by atoms with E-state index in [-0.39, 0.29) is 11.5 Å². The lowest BCUT2D eigenvalue weighted by molar-refractivity contribution is -0.254. The highest BCUT2D eigenvalue weighted by Crippen LogP contribution is 2.28. The second kappa shape index (κ2) is 4.14. The summed E-state index contributed by atoms with van der Waals surface area (Å²) in [4.78, 5) is 23.9. The molecule has 1 aromatic rings. The topological polar surface area (TPSA) is 60.4 Å². The number of carboxylic acid groups (broad SMARTS) is 1. The molecule has 1 amide bonds. The quantitative estimate of drug-likeness (QED) is 0.767. The monoisotopic (exact) mass is 238 g/mol. The van der Waals surface area contributed by atoms with Crippen LogP contribution in [0.2, 0.25) is 5.02 Å². The number of benzene rings is 1. The molecule has 1 fully saturated rings. The van der Waals surface area contributed by atoms with Gasteiger partial charge in [0.2, 0.25) is 5.91 Å². The molecule has 5 heteroatoms. The van der Waals surface area contributed by atoms with Crippen molar-refractivity contribution in [2.75, 3.05) is 11.4 Å². The molecule has 0 saturated carbocycles. The second-order valence-corrected chi connectivity index (χ2v) is 4.03. The molecule has 16 heavy (non-hydrogen) atoms. The Labute approximate surface area is 97.4 Å². The Morgan fingerprint density at radius 3 is 2.75 bits per heavy atom. The van der Waals surface area contributed by atoms with Gasteiger partial charge in [0.15, 0.2) is 0 Å². The van der Waals surface area contributed by atoms with Crippen molar-refractivity contribution < 1.29 is 14.7 Å². The maximum atomic E-state index is 11.5. The molecule has 1 heterocycles. The lowest BCUT2D eigenvalue weighted by Crippen LogP contribution is -2.29. The van der Waals surface area contributed by atoms with E-state index < -0.39 is 5.97 Å². The maximum absolute atomic E-state index is 11.5. The summed E-state index contributed by atoms with van der Waals surface area (Å²) in [5.74, 6) is -1.38. The molecule has 0 N–H and O–H groups in total. The summed E-state index contributed by atoms with van der Waals surface area (Å²) in [6.45, 7) is 0.527. The molecule has 2 rings (SSSR count). The van der Waals surface area contributed by atoms with E-state index >= 15 is 0 Å². The molecule has 0 unspecified atom stereocenters. The van der Waals surface area contributed by atoms with Crippen LogP contribution in [0.4, 0.5) is 5.69 Å². The van der Waals surface area contributed by atoms with Gasteiger partial charge < -0.3 is 14.8 Å². The van der Waals surface area contributed by atoms with Gasteiger partial charge in [0.05, 0.1) is 11.7 Å². The zero-order valence-electron chi connectivity index (χ0n) is 8.40. The fraction of sp³-hybridized carbons (Fsp3) is 0.273. The average molecular weight is 239 g/mol. The standard InChI is InChI=1S/C11H10ClNO3/c12-7-3-4-8(11(15)16)9(6-7)13-5-1-2-10(13)14/h3-4,6H,1-2,5H2,(H,15,16)/p-1. The van der Waals surface area contributed by atoms with E-state index in [4.69, 9.17) is 11.6 Å². The molecule has 0 aliphatic carbocycles. The molecular weight excluding hydrogens is 230 g/mol. The molecule has 1 aliphatic heterocycles. The van der Waals surface area contributed by atoms with Gasteiger partial charge in [0, 0.05) is 23.6 Å². The Balaban J connectivity index is 2.48. The van der Waals surface area contributed by atoms with Gasteiger partial charge in [-0.05, 0) is 24.6 Å². The van der Waals surface area contributed by atoms with Crippen molar-refractivity contribution in [3.05, 3.63) is 28.8 Å². The minimum Gasteiger partial charge on any atom is -0.545 e. The van der Waals surface area contributed by atoms with Crippen molar-refractivity contribution in [3.63, 3.8) is 0 Å². The van der Waals surface area contributed by atoms with Gasteiger partial charge >= 0.3 is 0 Å². The first-order valence-electron chi connectivity index (χ1n) is 4.91. The van der Waals surface area contributed by atoms with E-state index in [0.717, 1.165) is 6.42 Å². The number of anilines is 1. The van der Waals surface area contributed by atoms with Crippen molar-refractivity contribution in [1.29, 1.82) is 0 Å². The molecule has 0 radical (unpaired) electrons. The number of carboxylic acids is 1. The van der Waals surface area contributed by atoms with Crippen LogP contribution in [0.15, 0.2) is 18.2 Å². The van der Waals surface area contributed by atoms with Crippen molar-refractivity contribution in [2.45, 2.75) is 12.8 Å². The van der Waals surface area contributed by atoms with Gasteiger partial charge in [0.1, 0.15) is 0 Å². The Kier molecular flexibility index (Phi) is 2.83. The minimum atomic E-state index is -1.30. The van der Waals surface area contributed by atoms with E-state index in [0.29, 0.717) is 23.7 Å². The number of amides is 1. The molecule has 1 saturated heterocycles. The van der Waals surface area contributed by atoms with Gasteiger partial charge in [-0.15, -0.1) is 0 Å². The molecule has 0 bridgehead atoms. The highest BCUT2D eigenvalue weighted by Gasteiger charge is 2.24. The smallest absolute Gasteiger partial charge is 0.227 e. The molecular formula is C11H9ClNO3-. The van der Waals surface area contributed by atoms with E-state index in [1.54, 1.807) is 0 Å². The summed E-state index contributed by atoms with van der Waals surface area (Å²) in [5, 5.41) is 11.3. The zero-order chi connectivity index (χ0) is 11.7. The molecule has 0 atom stereocenters. The number of hydrogen-bond acceptors (Lipinski definition) is 3. The Bertz CT molecular complexity index is 459. The minimum absolute atomic E-state index is 0.000324. The van der Waals surface area contributed by atoms with Crippen molar-refractivity contribution >= 4 is 29.2 Å². The highest BCUT2D eigenvalue weighted by molar-refractivity contribution is 6.31. The second-order valence-electron chi connectivity index (χ2n) is 3.60. The molecule has 1 aromatic carbocycles. The Hall–Kier alpha value is -1.55. The predicted octanol–water partition coefficient (Wildman–Crippen LogP) is 0.830. The number of rotatable bonds is 2. The third-order valence-corrected chi connectivity index (χ3v) is 2.78. The molecule has 0 aromatic heterocycles. The zero-order valence-corrected chi connectivity index (χ0v) is 9.16. The van der Waals surface area contributed by atoms with Crippen LogP contribution in [0.5, 0.6) is 0 Å². The fourth-order valence-corrected chi connectivity index (χ4v) is 1.97. The van der Waals surface area contributed by atoms with Crippen molar-refractivity contribution in [1.82, 2.24) is 0 Å². The van der Waals surface area contributed by atoms with Crippen LogP contribution in [0.1, 0.15) is 23.2 Å². The molecule has 0 spiro atoms. The van der Waals surface area contributed by atoms with Gasteiger partial charge in [0.25, 0.3) is 0 Å². The third-order valence-electron chi connectivity index (χ3n) is 2.54. The SMILES string of the molecule is O=C([O-])c1ccc(Cl)cc1N1CCCC1=O. The van der Waals surface area contributed by atoms with E-state index in [2.05, 4.69) is 0 Å². The molecule has 84 valence electrons. The first-order valence-corrected chi connectivity index (χ1v) is 5.28. The van der Waals surface area contributed by atoms with E-state index in [9.17, 15) is 14.7 Å². The van der Waals surface area contributed by atoms with Crippen molar-refractivity contribution in [3.8, 4) is 0 Å². The van der Waals surface area contributed by atoms with Crippen LogP contribution in [0.3, 0.4) is 0 Å². The predicted molar refractivity (Wildman–Crippen MR) is 57.4 cm³/mol. The number of halogens is 1. The van der Waals surface area contributed by atoms with Crippen LogP contribution >= 0.6 is 11.6 Å². The Morgan fingerprint density at radius 2 is 2.19 bits per heavy atom. The number of hydrogen-bond donors (Lipinski definition) is 0. The lowest BCUT2D eigenvalue weighted by atomic mass is 10.1. The molecule has 1 aliphatic rings. The summed E-state index contributed by atoms with van der Waals surface area (Å²) in [5.41, 5.74) is 0.328. The lowest BCUT2D eigenvalue weighted by Gasteiger charge is -2.20. The van der Waals surface area contributed by atoms with Gasteiger partial charge in [-0.25, -0.2) is 0 Å². The average Bonchev–Trinajstić information content (AvgIpc) is 2.63. The number of aromatic carboxylic acids is 1. The summed E-state index contributed by atoms with van der Waals surface area (Å²) in [7, 11) is 0. The van der Waals surface area contributed by atoms with Crippen molar-refractivity contribution in [2.24, 2.45) is 0 Å². The summed E-state index contributed by atoms with van der Waals surface area (Å²) >= 11 is 5.80. The van der Waals surface area contributed by atoms with Crippen LogP contribution in [0, 0.1) is 0 Å². The van der Waals surface area contributed by atoms with Crippen LogP contribution < -0.4 is 10.0 Å². The van der Waals surface area contributed by atoms with E-state index in [1.165, 1.54) is 23.1 Å². The maximum Gasteiger partial charge on any atom is 0.227 e. The first-order chi connectivity index (χ1) is 7.59. The summed E-state index contributed by atoms with van der Waals surface area (Å²) in [6.07, 6.45) is 1.18. The third kappa shape index (κ3) is 1.88. The van der Waals surface area contributed by atoms with Crippen LogP contribution in [-0.2, 0) is 4.79 Å².